The van der Waals surface area contributed by atoms with Crippen molar-refractivity contribution in [2.24, 2.45) is 0 Å². The van der Waals surface area contributed by atoms with E-state index in [-0.39, 0.29) is 10.6 Å². The normalized spacial score (nSPS) is 11.2. The first-order chi connectivity index (χ1) is 9.83. The van der Waals surface area contributed by atoms with Crippen LogP contribution in [-0.4, -0.2) is 15.5 Å². The van der Waals surface area contributed by atoms with Crippen LogP contribution < -0.4 is 15.2 Å². The minimum Gasteiger partial charge on any atom is -0.497 e. The zero-order chi connectivity index (χ0) is 15.6. The maximum atomic E-state index is 12.4. The first-order valence-corrected chi connectivity index (χ1v) is 7.92. The van der Waals surface area contributed by atoms with Crippen molar-refractivity contribution in [2.45, 2.75) is 11.8 Å². The average molecular weight is 327 g/mol. The molecule has 0 radical (unpaired) electrons. The van der Waals surface area contributed by atoms with Gasteiger partial charge in [0, 0.05) is 5.02 Å². The van der Waals surface area contributed by atoms with E-state index in [1.54, 1.807) is 32.2 Å². The summed E-state index contributed by atoms with van der Waals surface area (Å²) in [5.41, 5.74) is 7.02. The number of anilines is 2. The monoisotopic (exact) mass is 326 g/mol. The molecular weight excluding hydrogens is 312 g/mol. The highest BCUT2D eigenvalue weighted by molar-refractivity contribution is 7.92. The van der Waals surface area contributed by atoms with E-state index in [0.29, 0.717) is 16.5 Å². The summed E-state index contributed by atoms with van der Waals surface area (Å²) in [6, 6.07) is 9.31. The molecule has 2 aromatic carbocycles. The summed E-state index contributed by atoms with van der Waals surface area (Å²) in [5, 5.41) is 0.382. The Morgan fingerprint density at radius 3 is 2.48 bits per heavy atom. The lowest BCUT2D eigenvalue weighted by Gasteiger charge is -2.13. The van der Waals surface area contributed by atoms with Gasteiger partial charge in [-0.2, -0.15) is 0 Å². The standard InChI is InChI=1S/C14H15ClN2O3S/c1-9-7-11(20-2)4-5-13(9)17-21(18,19)14-6-3-10(15)8-12(14)16/h3-8,17H,16H2,1-2H3. The van der Waals surface area contributed by atoms with E-state index in [4.69, 9.17) is 22.1 Å². The van der Waals surface area contributed by atoms with E-state index in [9.17, 15) is 8.42 Å². The molecule has 21 heavy (non-hydrogen) atoms. The molecule has 0 bridgehead atoms. The number of hydrogen-bond donors (Lipinski definition) is 2. The highest BCUT2D eigenvalue weighted by atomic mass is 35.5. The van der Waals surface area contributed by atoms with Gasteiger partial charge in [-0.25, -0.2) is 8.42 Å². The molecule has 5 nitrogen and oxygen atoms in total. The van der Waals surface area contributed by atoms with E-state index < -0.39 is 10.0 Å². The van der Waals surface area contributed by atoms with Crippen LogP contribution in [0, 0.1) is 6.92 Å². The zero-order valence-electron chi connectivity index (χ0n) is 11.6. The predicted molar refractivity (Wildman–Crippen MR) is 84.4 cm³/mol. The van der Waals surface area contributed by atoms with Crippen molar-refractivity contribution in [3.05, 3.63) is 47.0 Å². The lowest BCUT2D eigenvalue weighted by Crippen LogP contribution is -2.15. The Balaban J connectivity index is 2.37. The molecule has 0 aliphatic carbocycles. The van der Waals surface area contributed by atoms with Gasteiger partial charge in [-0.1, -0.05) is 11.6 Å². The quantitative estimate of drug-likeness (QED) is 0.846. The fourth-order valence-corrected chi connectivity index (χ4v) is 3.27. The van der Waals surface area contributed by atoms with Crippen molar-refractivity contribution >= 4 is 33.0 Å². The molecule has 0 aromatic heterocycles. The lowest BCUT2D eigenvalue weighted by molar-refractivity contribution is 0.414. The second-order valence-electron chi connectivity index (χ2n) is 4.47. The Labute approximate surface area is 128 Å². The van der Waals surface area contributed by atoms with Crippen LogP contribution in [0.15, 0.2) is 41.3 Å². The van der Waals surface area contributed by atoms with Crippen molar-refractivity contribution in [2.75, 3.05) is 17.6 Å². The fraction of sp³-hybridized carbons (Fsp3) is 0.143. The number of aryl methyl sites for hydroxylation is 1. The number of methoxy groups -OCH3 is 1. The van der Waals surface area contributed by atoms with Gasteiger partial charge in [0.1, 0.15) is 10.6 Å². The molecule has 3 N–H and O–H groups in total. The van der Waals surface area contributed by atoms with Crippen molar-refractivity contribution in [3.8, 4) is 5.75 Å². The third-order valence-corrected chi connectivity index (χ3v) is 4.61. The van der Waals surface area contributed by atoms with Gasteiger partial charge in [-0.15, -0.1) is 0 Å². The number of sulfonamides is 1. The number of halogens is 1. The maximum absolute atomic E-state index is 12.4. The van der Waals surface area contributed by atoms with E-state index in [2.05, 4.69) is 4.72 Å². The first kappa shape index (κ1) is 15.5. The summed E-state index contributed by atoms with van der Waals surface area (Å²) in [7, 11) is -2.23. The van der Waals surface area contributed by atoms with Crippen molar-refractivity contribution in [1.29, 1.82) is 0 Å². The highest BCUT2D eigenvalue weighted by Crippen LogP contribution is 2.27. The molecule has 0 atom stereocenters. The molecule has 0 aliphatic heterocycles. The molecule has 0 unspecified atom stereocenters. The number of nitrogens with two attached hydrogens (primary N) is 1. The molecule has 0 heterocycles. The van der Waals surface area contributed by atoms with Crippen molar-refractivity contribution in [1.82, 2.24) is 0 Å². The van der Waals surface area contributed by atoms with Gasteiger partial charge in [0.2, 0.25) is 0 Å². The van der Waals surface area contributed by atoms with Gasteiger partial charge in [-0.3, -0.25) is 4.72 Å². The van der Waals surface area contributed by atoms with Crippen LogP contribution in [0.2, 0.25) is 5.02 Å². The smallest absolute Gasteiger partial charge is 0.263 e. The summed E-state index contributed by atoms with van der Waals surface area (Å²) >= 11 is 5.78. The molecule has 112 valence electrons. The van der Waals surface area contributed by atoms with Gasteiger partial charge < -0.3 is 10.5 Å². The van der Waals surface area contributed by atoms with Crippen molar-refractivity contribution in [3.63, 3.8) is 0 Å². The van der Waals surface area contributed by atoms with Crippen LogP contribution in [-0.2, 0) is 10.0 Å². The maximum Gasteiger partial charge on any atom is 0.263 e. The van der Waals surface area contributed by atoms with E-state index in [0.717, 1.165) is 5.56 Å². The summed E-state index contributed by atoms with van der Waals surface area (Å²) in [5.74, 6) is 0.654. The molecular formula is C14H15ClN2O3S. The minimum absolute atomic E-state index is 0.0119. The zero-order valence-corrected chi connectivity index (χ0v) is 13.1. The number of rotatable bonds is 4. The second kappa shape index (κ2) is 5.83. The average Bonchev–Trinajstić information content (AvgIpc) is 2.40. The van der Waals surface area contributed by atoms with Gasteiger partial charge in [-0.05, 0) is 48.9 Å². The van der Waals surface area contributed by atoms with E-state index in [1.165, 1.54) is 18.2 Å². The molecule has 7 heteroatoms. The number of benzene rings is 2. The molecule has 0 amide bonds. The third-order valence-electron chi connectivity index (χ3n) is 2.94. The van der Waals surface area contributed by atoms with Gasteiger partial charge in [0.05, 0.1) is 18.5 Å². The minimum atomic E-state index is -3.78. The molecule has 2 aromatic rings. The summed E-state index contributed by atoms with van der Waals surface area (Å²) in [6.07, 6.45) is 0. The van der Waals surface area contributed by atoms with Crippen molar-refractivity contribution < 1.29 is 13.2 Å². The molecule has 2 rings (SSSR count). The van der Waals surface area contributed by atoms with Crippen LogP contribution in [0.25, 0.3) is 0 Å². The summed E-state index contributed by atoms with van der Waals surface area (Å²) in [6.45, 7) is 1.78. The number of ether oxygens (including phenoxy) is 1. The lowest BCUT2D eigenvalue weighted by atomic mass is 10.2. The number of hydrogen-bond acceptors (Lipinski definition) is 4. The highest BCUT2D eigenvalue weighted by Gasteiger charge is 2.18. The Morgan fingerprint density at radius 2 is 1.90 bits per heavy atom. The predicted octanol–water partition coefficient (Wildman–Crippen LogP) is 3.04. The molecule has 0 saturated carbocycles. The van der Waals surface area contributed by atoms with Crippen LogP contribution in [0.3, 0.4) is 0 Å². The molecule has 0 fully saturated rings. The fourth-order valence-electron chi connectivity index (χ4n) is 1.84. The van der Waals surface area contributed by atoms with Gasteiger partial charge >= 0.3 is 0 Å². The third kappa shape index (κ3) is 3.40. The molecule has 0 spiro atoms. The van der Waals surface area contributed by atoms with Gasteiger partial charge in [0.25, 0.3) is 10.0 Å². The van der Waals surface area contributed by atoms with Crippen LogP contribution in [0.1, 0.15) is 5.56 Å². The van der Waals surface area contributed by atoms with E-state index >= 15 is 0 Å². The molecule has 0 saturated heterocycles. The number of nitrogens with one attached hydrogen (secondary N) is 1. The Morgan fingerprint density at radius 1 is 1.19 bits per heavy atom. The molecule has 0 aliphatic rings. The first-order valence-electron chi connectivity index (χ1n) is 6.06. The summed E-state index contributed by atoms with van der Waals surface area (Å²) < 4.78 is 32.3. The Bertz CT molecular complexity index is 776. The topological polar surface area (TPSA) is 81.4 Å². The summed E-state index contributed by atoms with van der Waals surface area (Å²) in [4.78, 5) is -0.0119. The second-order valence-corrected chi connectivity index (χ2v) is 6.56. The Hall–Kier alpha value is -1.92. The van der Waals surface area contributed by atoms with Crippen LogP contribution in [0.4, 0.5) is 11.4 Å². The Kier molecular flexibility index (Phi) is 4.29. The largest absolute Gasteiger partial charge is 0.497 e. The van der Waals surface area contributed by atoms with Gasteiger partial charge in [0.15, 0.2) is 0 Å². The number of nitrogen functional groups attached to an aromatic ring is 1. The van der Waals surface area contributed by atoms with E-state index in [1.807, 2.05) is 0 Å². The van der Waals surface area contributed by atoms with Crippen LogP contribution >= 0.6 is 11.6 Å². The van der Waals surface area contributed by atoms with Crippen LogP contribution in [0.5, 0.6) is 5.75 Å². The SMILES string of the molecule is COc1ccc(NS(=O)(=O)c2ccc(Cl)cc2N)c(C)c1.